The Balaban J connectivity index is 3.04. The maximum atomic E-state index is 13.2. The highest BCUT2D eigenvalue weighted by molar-refractivity contribution is 7.98. The number of aliphatic carboxylic acids is 1. The lowest BCUT2D eigenvalue weighted by molar-refractivity contribution is -0.142. The van der Waals surface area contributed by atoms with Gasteiger partial charge in [-0.05, 0) is 37.7 Å². The van der Waals surface area contributed by atoms with E-state index in [0.29, 0.717) is 17.9 Å². The highest BCUT2D eigenvalue weighted by atomic mass is 32.2. The van der Waals surface area contributed by atoms with Gasteiger partial charge in [-0.25, -0.2) is 9.78 Å². The minimum Gasteiger partial charge on any atom is -0.480 e. The minimum absolute atomic E-state index is 0.0216. The van der Waals surface area contributed by atoms with Crippen LogP contribution < -0.4 is 38.9 Å². The Morgan fingerprint density at radius 1 is 1.00 bits per heavy atom. The molecule has 16 nitrogen and oxygen atoms in total. The third kappa shape index (κ3) is 13.5. The summed E-state index contributed by atoms with van der Waals surface area (Å²) in [4.78, 5) is 72.4. The standard InChI is InChI=1S/C22H38N10O6S/c1-39-8-6-13(23)18(34)30-14(4-5-17(24)33)19(35)32-16(9-12-10-27-11-29-12)20(36)31-15(21(37)38)3-2-7-28-22(25)26/h10-11,13-16H,2-9,23H2,1H3,(H2,24,33)(H,27,29)(H,30,34)(H,31,36)(H,32,35)(H,37,38)(H4,25,26,28). The molecule has 0 aliphatic carbocycles. The molecule has 0 aliphatic heterocycles. The van der Waals surface area contributed by atoms with Gasteiger partial charge in [0.05, 0.1) is 12.4 Å². The lowest BCUT2D eigenvalue weighted by Crippen LogP contribution is -2.57. The van der Waals surface area contributed by atoms with Crippen molar-refractivity contribution in [3.05, 3.63) is 18.2 Å². The third-order valence-electron chi connectivity index (χ3n) is 5.45. The third-order valence-corrected chi connectivity index (χ3v) is 6.10. The number of carbonyl (C=O) groups is 5. The number of primary amides is 1. The number of nitrogens with one attached hydrogen (secondary N) is 4. The molecule has 0 saturated heterocycles. The van der Waals surface area contributed by atoms with E-state index in [1.807, 2.05) is 6.26 Å². The van der Waals surface area contributed by atoms with Crippen LogP contribution in [0.4, 0.5) is 0 Å². The molecule has 0 saturated carbocycles. The normalized spacial score (nSPS) is 13.8. The smallest absolute Gasteiger partial charge is 0.326 e. The number of rotatable bonds is 19. The molecule has 4 unspecified atom stereocenters. The summed E-state index contributed by atoms with van der Waals surface area (Å²) in [6.45, 7) is 0.163. The van der Waals surface area contributed by atoms with Crippen molar-refractivity contribution in [2.45, 2.75) is 62.7 Å². The predicted octanol–water partition coefficient (Wildman–Crippen LogP) is -3.11. The van der Waals surface area contributed by atoms with Gasteiger partial charge in [0.1, 0.15) is 18.1 Å². The fourth-order valence-electron chi connectivity index (χ4n) is 3.34. The summed E-state index contributed by atoms with van der Waals surface area (Å²) in [6, 6.07) is -4.65. The van der Waals surface area contributed by atoms with Crippen LogP contribution in [0.3, 0.4) is 0 Å². The second-order valence-corrected chi connectivity index (χ2v) is 9.63. The van der Waals surface area contributed by atoms with Crippen molar-refractivity contribution >= 4 is 47.3 Å². The molecule has 0 spiro atoms. The minimum atomic E-state index is -1.29. The van der Waals surface area contributed by atoms with Gasteiger partial charge in [0.15, 0.2) is 5.96 Å². The number of nitrogens with two attached hydrogens (primary N) is 4. The van der Waals surface area contributed by atoms with Crippen molar-refractivity contribution in [2.75, 3.05) is 18.6 Å². The number of carboxylic acids is 1. The number of thioether (sulfide) groups is 1. The number of carboxylic acid groups (broad SMARTS) is 1. The first-order chi connectivity index (χ1) is 18.4. The van der Waals surface area contributed by atoms with E-state index in [1.54, 1.807) is 0 Å². The van der Waals surface area contributed by atoms with Gasteiger partial charge in [0.25, 0.3) is 0 Å². The van der Waals surface area contributed by atoms with Crippen LogP contribution in [-0.4, -0.2) is 93.4 Å². The van der Waals surface area contributed by atoms with Gasteiger partial charge in [0.2, 0.25) is 23.6 Å². The van der Waals surface area contributed by atoms with Crippen LogP contribution in [0.5, 0.6) is 0 Å². The van der Waals surface area contributed by atoms with Gasteiger partial charge in [-0.15, -0.1) is 0 Å². The molecule has 1 aromatic heterocycles. The zero-order chi connectivity index (χ0) is 29.4. The fourth-order valence-corrected chi connectivity index (χ4v) is 3.83. The summed E-state index contributed by atoms with van der Waals surface area (Å²) in [5.74, 6) is -3.66. The van der Waals surface area contributed by atoms with Crippen LogP contribution in [0.25, 0.3) is 0 Å². The van der Waals surface area contributed by atoms with E-state index in [9.17, 15) is 29.1 Å². The number of nitrogens with zero attached hydrogens (tertiary/aromatic N) is 2. The number of H-pyrrole nitrogens is 1. The first-order valence-corrected chi connectivity index (χ1v) is 13.5. The molecule has 1 aromatic rings. The van der Waals surface area contributed by atoms with Crippen molar-refractivity contribution in [2.24, 2.45) is 27.9 Å². The van der Waals surface area contributed by atoms with Crippen LogP contribution in [0, 0.1) is 0 Å². The monoisotopic (exact) mass is 570 g/mol. The summed E-state index contributed by atoms with van der Waals surface area (Å²) in [6.07, 6.45) is 4.91. The Kier molecular flexibility index (Phi) is 15.0. The van der Waals surface area contributed by atoms with Crippen LogP contribution in [0.1, 0.15) is 37.8 Å². The SMILES string of the molecule is CSCCC(N)C(=O)NC(CCC(N)=O)C(=O)NC(Cc1cnc[nH]1)C(=O)NC(CCCN=C(N)N)C(=O)O. The summed E-state index contributed by atoms with van der Waals surface area (Å²) < 4.78 is 0. The lowest BCUT2D eigenvalue weighted by atomic mass is 10.1. The van der Waals surface area contributed by atoms with Gasteiger partial charge < -0.3 is 49.0 Å². The second-order valence-electron chi connectivity index (χ2n) is 8.64. The summed E-state index contributed by atoms with van der Waals surface area (Å²) in [5.41, 5.74) is 22.1. The maximum absolute atomic E-state index is 13.2. The first-order valence-electron chi connectivity index (χ1n) is 12.1. The lowest BCUT2D eigenvalue weighted by Gasteiger charge is -2.25. The molecule has 4 atom stereocenters. The molecule has 1 heterocycles. The zero-order valence-corrected chi connectivity index (χ0v) is 22.5. The molecule has 13 N–H and O–H groups in total. The molecule has 218 valence electrons. The Bertz CT molecular complexity index is 986. The molecule has 1 rings (SSSR count). The van der Waals surface area contributed by atoms with E-state index in [0.717, 1.165) is 0 Å². The van der Waals surface area contributed by atoms with E-state index < -0.39 is 53.8 Å². The topological polar surface area (TPSA) is 287 Å². The average molecular weight is 571 g/mol. The molecule has 0 aliphatic rings. The van der Waals surface area contributed by atoms with Crippen molar-refractivity contribution in [1.29, 1.82) is 0 Å². The number of aromatic nitrogens is 2. The van der Waals surface area contributed by atoms with Crippen molar-refractivity contribution in [3.8, 4) is 0 Å². The van der Waals surface area contributed by atoms with E-state index in [-0.39, 0.29) is 44.6 Å². The Hall–Kier alpha value is -3.86. The average Bonchev–Trinajstić information content (AvgIpc) is 3.38. The largest absolute Gasteiger partial charge is 0.480 e. The first kappa shape index (κ1) is 33.2. The molecule has 0 aromatic carbocycles. The van der Waals surface area contributed by atoms with Crippen LogP contribution in [0.2, 0.25) is 0 Å². The van der Waals surface area contributed by atoms with Crippen molar-refractivity contribution in [3.63, 3.8) is 0 Å². The summed E-state index contributed by atoms with van der Waals surface area (Å²) in [5, 5.41) is 17.0. The Morgan fingerprint density at radius 2 is 1.64 bits per heavy atom. The molecule has 0 bridgehead atoms. The van der Waals surface area contributed by atoms with E-state index in [1.165, 1.54) is 24.3 Å². The van der Waals surface area contributed by atoms with E-state index >= 15 is 0 Å². The number of aromatic amines is 1. The second kappa shape index (κ2) is 17.6. The number of guanidine groups is 1. The van der Waals surface area contributed by atoms with Gasteiger partial charge in [0, 0.05) is 31.3 Å². The van der Waals surface area contributed by atoms with Crippen molar-refractivity contribution in [1.82, 2.24) is 25.9 Å². The predicted molar refractivity (Wildman–Crippen MR) is 145 cm³/mol. The van der Waals surface area contributed by atoms with Gasteiger partial charge in [-0.2, -0.15) is 11.8 Å². The van der Waals surface area contributed by atoms with Crippen molar-refractivity contribution < 1.29 is 29.1 Å². The molecule has 0 fully saturated rings. The Morgan fingerprint density at radius 3 is 2.21 bits per heavy atom. The van der Waals surface area contributed by atoms with E-state index in [4.69, 9.17) is 22.9 Å². The number of carbonyl (C=O) groups excluding carboxylic acids is 4. The molecule has 0 radical (unpaired) electrons. The molecule has 39 heavy (non-hydrogen) atoms. The van der Waals surface area contributed by atoms with Crippen LogP contribution in [-0.2, 0) is 30.4 Å². The maximum Gasteiger partial charge on any atom is 0.326 e. The van der Waals surface area contributed by atoms with Crippen LogP contribution >= 0.6 is 11.8 Å². The molecule has 17 heteroatoms. The number of hydrogen-bond acceptors (Lipinski definition) is 9. The van der Waals surface area contributed by atoms with Crippen LogP contribution in [0.15, 0.2) is 17.5 Å². The quantitative estimate of drug-likeness (QED) is 0.0455. The molecule has 4 amide bonds. The Labute approximate surface area is 229 Å². The fraction of sp³-hybridized carbons (Fsp3) is 0.591. The number of amides is 4. The number of imidazole rings is 1. The highest BCUT2D eigenvalue weighted by Crippen LogP contribution is 2.06. The van der Waals surface area contributed by atoms with Gasteiger partial charge in [-0.3, -0.25) is 24.2 Å². The number of hydrogen-bond donors (Lipinski definition) is 9. The van der Waals surface area contributed by atoms with Gasteiger partial charge in [-0.1, -0.05) is 0 Å². The zero-order valence-electron chi connectivity index (χ0n) is 21.7. The summed E-state index contributed by atoms with van der Waals surface area (Å²) >= 11 is 1.50. The van der Waals surface area contributed by atoms with Gasteiger partial charge >= 0.3 is 5.97 Å². The number of aliphatic imine (C=N–C) groups is 1. The summed E-state index contributed by atoms with van der Waals surface area (Å²) in [7, 11) is 0. The highest BCUT2D eigenvalue weighted by Gasteiger charge is 2.31. The van der Waals surface area contributed by atoms with E-state index in [2.05, 4.69) is 30.9 Å². The molecular weight excluding hydrogens is 532 g/mol. The molecular formula is C22H38N10O6S.